The van der Waals surface area contributed by atoms with Crippen LogP contribution in [0.1, 0.15) is 48.0 Å². The summed E-state index contributed by atoms with van der Waals surface area (Å²) in [6.07, 6.45) is -1.58. The largest absolute Gasteiger partial charge is 0.458 e. The van der Waals surface area contributed by atoms with Gasteiger partial charge in [-0.1, -0.05) is 13.8 Å². The van der Waals surface area contributed by atoms with Gasteiger partial charge in [0.2, 0.25) is 11.9 Å². The molecule has 0 radical (unpaired) electrons. The average molecular weight is 316 g/mol. The van der Waals surface area contributed by atoms with Crippen LogP contribution in [0.3, 0.4) is 0 Å². The van der Waals surface area contributed by atoms with Crippen molar-refractivity contribution in [1.29, 1.82) is 0 Å². The van der Waals surface area contributed by atoms with E-state index >= 15 is 0 Å². The summed E-state index contributed by atoms with van der Waals surface area (Å²) >= 11 is 0. The first-order valence-electron chi connectivity index (χ1n) is 7.31. The third kappa shape index (κ3) is 3.97. The first kappa shape index (κ1) is 18.4. The van der Waals surface area contributed by atoms with E-state index in [-0.39, 0.29) is 12.0 Å². The van der Waals surface area contributed by atoms with Crippen molar-refractivity contribution in [3.05, 3.63) is 0 Å². The van der Waals surface area contributed by atoms with E-state index < -0.39 is 35.9 Å². The van der Waals surface area contributed by atoms with E-state index in [9.17, 15) is 14.4 Å². The molecule has 0 spiro atoms. The maximum Gasteiger partial charge on any atom is 0.305 e. The quantitative estimate of drug-likeness (QED) is 0.574. The first-order chi connectivity index (χ1) is 10.1. The highest BCUT2D eigenvalue weighted by Crippen LogP contribution is 2.40. The summed E-state index contributed by atoms with van der Waals surface area (Å²) in [7, 11) is 0. The predicted octanol–water partition coefficient (Wildman–Crippen LogP) is 1.57. The van der Waals surface area contributed by atoms with Gasteiger partial charge in [0, 0.05) is 26.7 Å². The van der Waals surface area contributed by atoms with Crippen LogP contribution in [0, 0.1) is 5.92 Å². The zero-order chi connectivity index (χ0) is 17.1. The van der Waals surface area contributed by atoms with Crippen molar-refractivity contribution in [1.82, 2.24) is 0 Å². The van der Waals surface area contributed by atoms with Gasteiger partial charge in [-0.25, -0.2) is 0 Å². The molecule has 0 bridgehead atoms. The maximum absolute atomic E-state index is 11.5. The molecule has 7 heteroatoms. The van der Waals surface area contributed by atoms with Crippen molar-refractivity contribution in [2.24, 2.45) is 5.92 Å². The third-order valence-corrected chi connectivity index (χ3v) is 3.73. The second-order valence-corrected chi connectivity index (χ2v) is 5.69. The lowest BCUT2D eigenvalue weighted by atomic mass is 9.81. The van der Waals surface area contributed by atoms with Crippen molar-refractivity contribution >= 4 is 17.9 Å². The normalized spacial score (nSPS) is 34.6. The fourth-order valence-corrected chi connectivity index (χ4v) is 2.85. The molecule has 1 saturated heterocycles. The van der Waals surface area contributed by atoms with E-state index in [1.807, 2.05) is 13.8 Å². The van der Waals surface area contributed by atoms with Crippen LogP contribution in [0.2, 0.25) is 0 Å². The number of rotatable bonds is 4. The van der Waals surface area contributed by atoms with E-state index in [0.29, 0.717) is 6.42 Å². The van der Waals surface area contributed by atoms with Gasteiger partial charge < -0.3 is 18.9 Å². The molecule has 0 aromatic rings. The Bertz CT molecular complexity index is 447. The van der Waals surface area contributed by atoms with Crippen molar-refractivity contribution in [3.63, 3.8) is 0 Å². The van der Waals surface area contributed by atoms with E-state index in [4.69, 9.17) is 18.9 Å². The standard InChI is InChI=1S/C15H24O7/c1-7-12-8(2)13(19-9(3)16)15(6,22-11(5)18)14(21-12)20-10(4)17/h8,12-14H,7H2,1-6H3/t8-,12-,13+,14?,15+/m1/s1. The van der Waals surface area contributed by atoms with Gasteiger partial charge in [-0.15, -0.1) is 0 Å². The highest BCUT2D eigenvalue weighted by molar-refractivity contribution is 5.68. The van der Waals surface area contributed by atoms with Gasteiger partial charge in [-0.3, -0.25) is 14.4 Å². The summed E-state index contributed by atoms with van der Waals surface area (Å²) in [5.74, 6) is -1.89. The van der Waals surface area contributed by atoms with Crippen LogP contribution < -0.4 is 0 Å². The Morgan fingerprint density at radius 2 is 1.59 bits per heavy atom. The number of carbonyl (C=O) groups is 3. The van der Waals surface area contributed by atoms with Crippen molar-refractivity contribution in [2.75, 3.05) is 0 Å². The SMILES string of the molecule is CC[C@H]1OC(OC(C)=O)[C@@](C)(OC(C)=O)[C@@H](OC(C)=O)[C@@H]1C. The number of hydrogen-bond donors (Lipinski definition) is 0. The van der Waals surface area contributed by atoms with Gasteiger partial charge >= 0.3 is 17.9 Å². The topological polar surface area (TPSA) is 88.1 Å². The number of esters is 3. The smallest absolute Gasteiger partial charge is 0.305 e. The number of hydrogen-bond acceptors (Lipinski definition) is 7. The van der Waals surface area contributed by atoms with Gasteiger partial charge in [0.15, 0.2) is 6.10 Å². The van der Waals surface area contributed by atoms with Crippen molar-refractivity contribution in [2.45, 2.75) is 72.1 Å². The molecular formula is C15H24O7. The summed E-state index contributed by atoms with van der Waals surface area (Å²) in [6.45, 7) is 9.03. The molecule has 0 aromatic carbocycles. The fourth-order valence-electron chi connectivity index (χ4n) is 2.85. The van der Waals surface area contributed by atoms with Crippen molar-refractivity contribution in [3.8, 4) is 0 Å². The van der Waals surface area contributed by atoms with Gasteiger partial charge in [0.1, 0.15) is 0 Å². The molecule has 0 aromatic heterocycles. The maximum atomic E-state index is 11.5. The Morgan fingerprint density at radius 1 is 1.05 bits per heavy atom. The lowest BCUT2D eigenvalue weighted by molar-refractivity contribution is -0.316. The molecule has 0 aliphatic carbocycles. The minimum Gasteiger partial charge on any atom is -0.458 e. The van der Waals surface area contributed by atoms with E-state index in [1.165, 1.54) is 27.7 Å². The lowest BCUT2D eigenvalue weighted by Gasteiger charge is -2.49. The molecule has 5 atom stereocenters. The van der Waals surface area contributed by atoms with Crippen LogP contribution >= 0.6 is 0 Å². The molecule has 1 aliphatic rings. The Kier molecular flexibility index (Phi) is 5.93. The summed E-state index contributed by atoms with van der Waals surface area (Å²) in [4.78, 5) is 34.3. The third-order valence-electron chi connectivity index (χ3n) is 3.73. The predicted molar refractivity (Wildman–Crippen MR) is 75.6 cm³/mol. The van der Waals surface area contributed by atoms with E-state index in [1.54, 1.807) is 0 Å². The Hall–Kier alpha value is -1.63. The molecule has 1 fully saturated rings. The highest BCUT2D eigenvalue weighted by Gasteiger charge is 2.58. The molecule has 0 N–H and O–H groups in total. The van der Waals surface area contributed by atoms with Crippen LogP contribution in [0.15, 0.2) is 0 Å². The van der Waals surface area contributed by atoms with Gasteiger partial charge in [0.05, 0.1) is 6.10 Å². The summed E-state index contributed by atoms with van der Waals surface area (Å²) in [6, 6.07) is 0. The van der Waals surface area contributed by atoms with Crippen molar-refractivity contribution < 1.29 is 33.3 Å². The summed E-state index contributed by atoms with van der Waals surface area (Å²) in [5, 5.41) is 0. The molecular weight excluding hydrogens is 292 g/mol. The molecule has 0 saturated carbocycles. The average Bonchev–Trinajstić information content (AvgIpc) is 2.36. The minimum atomic E-state index is -1.41. The summed E-state index contributed by atoms with van der Waals surface area (Å²) in [5.41, 5.74) is -1.41. The monoisotopic (exact) mass is 316 g/mol. The van der Waals surface area contributed by atoms with Crippen LogP contribution in [-0.4, -0.2) is 42.0 Å². The molecule has 7 nitrogen and oxygen atoms in total. The van der Waals surface area contributed by atoms with Crippen LogP contribution in [0.4, 0.5) is 0 Å². The molecule has 1 unspecified atom stereocenters. The second-order valence-electron chi connectivity index (χ2n) is 5.69. The highest BCUT2D eigenvalue weighted by atomic mass is 16.7. The van der Waals surface area contributed by atoms with E-state index in [2.05, 4.69) is 0 Å². The van der Waals surface area contributed by atoms with E-state index in [0.717, 1.165) is 0 Å². The molecule has 126 valence electrons. The van der Waals surface area contributed by atoms with Gasteiger partial charge in [0.25, 0.3) is 0 Å². The molecule has 22 heavy (non-hydrogen) atoms. The zero-order valence-corrected chi connectivity index (χ0v) is 13.9. The summed E-state index contributed by atoms with van der Waals surface area (Å²) < 4.78 is 21.7. The lowest BCUT2D eigenvalue weighted by Crippen LogP contribution is -2.65. The van der Waals surface area contributed by atoms with Gasteiger partial charge in [-0.05, 0) is 13.3 Å². The van der Waals surface area contributed by atoms with Crippen LogP contribution in [-0.2, 0) is 33.3 Å². The van der Waals surface area contributed by atoms with Crippen LogP contribution in [0.25, 0.3) is 0 Å². The Morgan fingerprint density at radius 3 is 2.00 bits per heavy atom. The number of carbonyl (C=O) groups excluding carboxylic acids is 3. The second kappa shape index (κ2) is 7.09. The molecule has 1 aliphatic heterocycles. The van der Waals surface area contributed by atoms with Gasteiger partial charge in [-0.2, -0.15) is 0 Å². The number of ether oxygens (including phenoxy) is 4. The van der Waals surface area contributed by atoms with Crippen LogP contribution in [0.5, 0.6) is 0 Å². The molecule has 0 amide bonds. The minimum absolute atomic E-state index is 0.231. The molecule has 1 rings (SSSR count). The Labute approximate surface area is 130 Å². The zero-order valence-electron chi connectivity index (χ0n) is 13.9. The first-order valence-corrected chi connectivity index (χ1v) is 7.31. The fraction of sp³-hybridized carbons (Fsp3) is 0.800. The Balaban J connectivity index is 3.24. The molecule has 1 heterocycles.